The van der Waals surface area contributed by atoms with E-state index >= 15 is 0 Å². The Balaban J connectivity index is 1.79. The molecule has 4 rings (SSSR count). The molecule has 0 saturated heterocycles. The molecule has 154 valence electrons. The molecule has 0 saturated carbocycles. The highest BCUT2D eigenvalue weighted by atomic mass is 32.2. The number of nitrogens with one attached hydrogen (secondary N) is 1. The lowest BCUT2D eigenvalue weighted by atomic mass is 9.81. The molecule has 2 aliphatic heterocycles. The van der Waals surface area contributed by atoms with Crippen LogP contribution in [-0.4, -0.2) is 40.6 Å². The van der Waals surface area contributed by atoms with Crippen molar-refractivity contribution in [2.45, 2.75) is 37.5 Å². The van der Waals surface area contributed by atoms with Crippen molar-refractivity contribution in [2.75, 3.05) is 13.1 Å². The van der Waals surface area contributed by atoms with Crippen molar-refractivity contribution in [2.24, 2.45) is 21.9 Å². The Morgan fingerprint density at radius 1 is 1.48 bits per heavy atom. The van der Waals surface area contributed by atoms with Gasteiger partial charge in [0.05, 0.1) is 5.92 Å². The highest BCUT2D eigenvalue weighted by Crippen LogP contribution is 2.55. The summed E-state index contributed by atoms with van der Waals surface area (Å²) in [6.07, 6.45) is 8.87. The van der Waals surface area contributed by atoms with E-state index in [2.05, 4.69) is 28.2 Å². The van der Waals surface area contributed by atoms with Gasteiger partial charge in [0.25, 0.3) is 0 Å². The molecule has 2 aliphatic carbocycles. The van der Waals surface area contributed by atoms with Crippen molar-refractivity contribution in [3.05, 3.63) is 47.2 Å². The number of halogens is 2. The summed E-state index contributed by atoms with van der Waals surface area (Å²) >= 11 is 1.40. The Bertz CT molecular complexity index is 891. The monoisotopic (exact) mass is 418 g/mol. The molecule has 1 spiro atoms. The number of carbonyl (C=O) groups is 1. The third-order valence-corrected chi connectivity index (χ3v) is 7.45. The predicted molar refractivity (Wildman–Crippen MR) is 113 cm³/mol. The fourth-order valence-electron chi connectivity index (χ4n) is 4.45. The second kappa shape index (κ2) is 7.89. The van der Waals surface area contributed by atoms with Crippen molar-refractivity contribution in [3.63, 3.8) is 0 Å². The van der Waals surface area contributed by atoms with Gasteiger partial charge >= 0.3 is 0 Å². The average molecular weight is 419 g/mol. The molecule has 1 amide bonds. The van der Waals surface area contributed by atoms with E-state index in [1.165, 1.54) is 23.7 Å². The van der Waals surface area contributed by atoms with Crippen LogP contribution in [0, 0.1) is 11.8 Å². The molecule has 1 N–H and O–H groups in total. The van der Waals surface area contributed by atoms with Gasteiger partial charge < -0.3 is 10.3 Å². The lowest BCUT2D eigenvalue weighted by molar-refractivity contribution is -0.132. The topological polar surface area (TPSA) is 57.1 Å². The van der Waals surface area contributed by atoms with Gasteiger partial charge in [0.2, 0.25) is 5.91 Å². The van der Waals surface area contributed by atoms with E-state index in [4.69, 9.17) is 0 Å². The number of amides is 1. The number of hydrogen-bond donors (Lipinski definition) is 1. The van der Waals surface area contributed by atoms with Gasteiger partial charge in [-0.15, -0.1) is 0 Å². The second-order valence-corrected chi connectivity index (χ2v) is 8.88. The minimum absolute atomic E-state index is 0.000621. The van der Waals surface area contributed by atoms with Gasteiger partial charge in [-0.05, 0) is 38.1 Å². The smallest absolute Gasteiger partial charge is 0.241 e. The van der Waals surface area contributed by atoms with E-state index in [0.29, 0.717) is 24.6 Å². The zero-order chi connectivity index (χ0) is 20.6. The molecule has 0 aromatic rings. The summed E-state index contributed by atoms with van der Waals surface area (Å²) in [4.78, 5) is 15.9. The molecule has 2 heterocycles. The van der Waals surface area contributed by atoms with Crippen LogP contribution in [-0.2, 0) is 4.79 Å². The Labute approximate surface area is 173 Å². The summed E-state index contributed by atoms with van der Waals surface area (Å²) in [5, 5.41) is 10.0. The molecular weight excluding hydrogens is 394 g/mol. The molecule has 29 heavy (non-hydrogen) atoms. The maximum absolute atomic E-state index is 14.6. The van der Waals surface area contributed by atoms with Crippen LogP contribution < -0.4 is 5.32 Å². The van der Waals surface area contributed by atoms with Crippen LogP contribution in [0.1, 0.15) is 32.6 Å². The molecule has 8 heteroatoms. The van der Waals surface area contributed by atoms with Gasteiger partial charge in [-0.2, -0.15) is 5.10 Å². The SMILES string of the molecule is C=NCCC1CNC2=C(C=CCC2)C12SC(C1CC(F)=CC=C1F)=NN2C(C)=O. The molecule has 0 bridgehead atoms. The van der Waals surface area contributed by atoms with Crippen LogP contribution in [0.4, 0.5) is 8.78 Å². The van der Waals surface area contributed by atoms with Crippen LogP contribution in [0.15, 0.2) is 57.3 Å². The molecular formula is C21H24F2N4OS. The maximum Gasteiger partial charge on any atom is 0.241 e. The Kier molecular flexibility index (Phi) is 5.46. The number of fused-ring (bicyclic) bond motifs is 1. The number of hydrazone groups is 1. The maximum atomic E-state index is 14.6. The van der Waals surface area contributed by atoms with Crippen molar-refractivity contribution >= 4 is 29.4 Å². The number of nitrogens with zero attached hydrogens (tertiary/aromatic N) is 3. The summed E-state index contributed by atoms with van der Waals surface area (Å²) in [6, 6.07) is 0. The lowest BCUT2D eigenvalue weighted by Crippen LogP contribution is -2.56. The quantitative estimate of drug-likeness (QED) is 0.695. The Morgan fingerprint density at radius 2 is 2.31 bits per heavy atom. The van der Waals surface area contributed by atoms with Gasteiger partial charge in [-0.3, -0.25) is 4.79 Å². The molecule has 5 nitrogen and oxygen atoms in total. The summed E-state index contributed by atoms with van der Waals surface area (Å²) in [7, 11) is 0. The van der Waals surface area contributed by atoms with E-state index in [0.717, 1.165) is 36.3 Å². The first-order valence-corrected chi connectivity index (χ1v) is 10.7. The minimum atomic E-state index is -0.795. The number of aliphatic imine (C=N–C) groups is 1. The summed E-state index contributed by atoms with van der Waals surface area (Å²) < 4.78 is 28.5. The second-order valence-electron chi connectivity index (χ2n) is 7.64. The van der Waals surface area contributed by atoms with E-state index < -0.39 is 16.6 Å². The van der Waals surface area contributed by atoms with Crippen molar-refractivity contribution in [1.82, 2.24) is 10.3 Å². The number of hydrogen-bond acceptors (Lipinski definition) is 5. The number of carbonyl (C=O) groups excluding carboxylic acids is 1. The normalized spacial score (nSPS) is 31.1. The first-order chi connectivity index (χ1) is 14.0. The molecule has 3 atom stereocenters. The van der Waals surface area contributed by atoms with E-state index in [1.807, 2.05) is 6.08 Å². The van der Waals surface area contributed by atoms with Gasteiger partial charge in [-0.1, -0.05) is 23.9 Å². The van der Waals surface area contributed by atoms with Crippen molar-refractivity contribution in [1.29, 1.82) is 0 Å². The van der Waals surface area contributed by atoms with Crippen LogP contribution in [0.5, 0.6) is 0 Å². The summed E-state index contributed by atoms with van der Waals surface area (Å²) in [6.45, 7) is 6.28. The molecule has 0 radical (unpaired) electrons. The third kappa shape index (κ3) is 3.37. The predicted octanol–water partition coefficient (Wildman–Crippen LogP) is 4.23. The zero-order valence-electron chi connectivity index (χ0n) is 16.3. The number of rotatable bonds is 4. The van der Waals surface area contributed by atoms with E-state index in [-0.39, 0.29) is 24.1 Å². The first kappa shape index (κ1) is 20.1. The van der Waals surface area contributed by atoms with Gasteiger partial charge in [0.15, 0.2) is 0 Å². The van der Waals surface area contributed by atoms with Crippen molar-refractivity contribution < 1.29 is 13.6 Å². The van der Waals surface area contributed by atoms with Gasteiger partial charge in [0, 0.05) is 43.6 Å². The fourth-order valence-corrected chi connectivity index (χ4v) is 6.16. The first-order valence-electron chi connectivity index (χ1n) is 9.84. The summed E-state index contributed by atoms with van der Waals surface area (Å²) in [5.74, 6) is -1.82. The third-order valence-electron chi connectivity index (χ3n) is 5.83. The molecule has 3 unspecified atom stereocenters. The van der Waals surface area contributed by atoms with E-state index in [1.54, 1.807) is 0 Å². The Hall–Kier alpha value is -2.22. The van der Waals surface area contributed by atoms with Gasteiger partial charge in [0.1, 0.15) is 21.6 Å². The number of thioether (sulfide) groups is 1. The highest BCUT2D eigenvalue weighted by Gasteiger charge is 2.57. The lowest BCUT2D eigenvalue weighted by Gasteiger charge is -2.47. The van der Waals surface area contributed by atoms with Crippen LogP contribution >= 0.6 is 11.8 Å². The van der Waals surface area contributed by atoms with Crippen LogP contribution in [0.3, 0.4) is 0 Å². The largest absolute Gasteiger partial charge is 0.388 e. The number of allylic oxidation sites excluding steroid dienone is 6. The standard InChI is InChI=1S/C21H24F2N4OS/c1-13(28)27-21(29-20(26-27)16-11-15(22)7-8-18(16)23)14(9-10-24-2)12-25-19-6-4-3-5-17(19)21/h3,5,7-8,14,16,25H,2,4,6,9-12H2,1H3. The molecule has 0 aromatic carbocycles. The van der Waals surface area contributed by atoms with Gasteiger partial charge in [-0.25, -0.2) is 13.8 Å². The molecule has 4 aliphatic rings. The zero-order valence-corrected chi connectivity index (χ0v) is 17.1. The summed E-state index contributed by atoms with van der Waals surface area (Å²) in [5.41, 5.74) is 2.09. The van der Waals surface area contributed by atoms with Crippen molar-refractivity contribution in [3.8, 4) is 0 Å². The molecule has 0 fully saturated rings. The van der Waals surface area contributed by atoms with Crippen LogP contribution in [0.2, 0.25) is 0 Å². The fraction of sp³-hybridized carbons (Fsp3) is 0.476. The van der Waals surface area contributed by atoms with Crippen LogP contribution in [0.25, 0.3) is 0 Å². The van der Waals surface area contributed by atoms with E-state index in [9.17, 15) is 13.6 Å². The highest BCUT2D eigenvalue weighted by molar-refractivity contribution is 8.15. The minimum Gasteiger partial charge on any atom is -0.388 e. The molecule has 0 aromatic heterocycles. The Morgan fingerprint density at radius 3 is 3.07 bits per heavy atom. The average Bonchev–Trinajstić information content (AvgIpc) is 3.11.